The summed E-state index contributed by atoms with van der Waals surface area (Å²) in [5.41, 5.74) is 1.39. The molecule has 1 aromatic carbocycles. The van der Waals surface area contributed by atoms with Gasteiger partial charge in [0.15, 0.2) is 5.78 Å². The Kier molecular flexibility index (Phi) is 2.76. The van der Waals surface area contributed by atoms with Gasteiger partial charge in [-0.15, -0.1) is 0 Å². The molecule has 12 heavy (non-hydrogen) atoms. The summed E-state index contributed by atoms with van der Waals surface area (Å²) in [6, 6.07) is 3.29. The molecule has 0 fully saturated rings. The Labute approximate surface area is 81.3 Å². The number of carbonyl (C=O) groups excluding carboxylic acids is 1. The predicted molar refractivity (Wildman–Crippen MR) is 51.2 cm³/mol. The molecule has 0 atom stereocenters. The van der Waals surface area contributed by atoms with E-state index in [9.17, 15) is 4.79 Å². The Balaban J connectivity index is 3.33. The summed E-state index contributed by atoms with van der Waals surface area (Å²) in [5, 5.41) is 1.00. The zero-order valence-electron chi connectivity index (χ0n) is 6.82. The number of hydrogen-bond donors (Lipinski definition) is 0. The Hall–Kier alpha value is -0.530. The lowest BCUT2D eigenvalue weighted by molar-refractivity contribution is 0.101. The van der Waals surface area contributed by atoms with Crippen molar-refractivity contribution < 1.29 is 4.79 Å². The first kappa shape index (κ1) is 9.56. The minimum absolute atomic E-state index is 0.0419. The van der Waals surface area contributed by atoms with Crippen molar-refractivity contribution in [2.24, 2.45) is 0 Å². The number of benzene rings is 1. The Morgan fingerprint density at radius 3 is 2.33 bits per heavy atom. The molecule has 0 aliphatic rings. The number of Topliss-reactive ketones (excluding diaryl/α,β-unsaturated/α-hetero) is 1. The van der Waals surface area contributed by atoms with Crippen molar-refractivity contribution in [2.45, 2.75) is 13.8 Å². The lowest BCUT2D eigenvalue weighted by Crippen LogP contribution is -1.94. The van der Waals surface area contributed by atoms with E-state index in [2.05, 4.69) is 0 Å². The van der Waals surface area contributed by atoms with Gasteiger partial charge in [0.1, 0.15) is 0 Å². The number of rotatable bonds is 1. The maximum Gasteiger partial charge on any atom is 0.161 e. The van der Waals surface area contributed by atoms with Gasteiger partial charge in [0, 0.05) is 10.6 Å². The van der Waals surface area contributed by atoms with Crippen LogP contribution >= 0.6 is 23.2 Å². The quantitative estimate of drug-likeness (QED) is 0.638. The summed E-state index contributed by atoms with van der Waals surface area (Å²) in [6.45, 7) is 3.32. The van der Waals surface area contributed by atoms with Crippen LogP contribution in [0.25, 0.3) is 0 Å². The summed E-state index contributed by atoms with van der Waals surface area (Å²) >= 11 is 11.6. The first-order valence-corrected chi connectivity index (χ1v) is 4.24. The van der Waals surface area contributed by atoms with E-state index in [-0.39, 0.29) is 5.78 Å². The van der Waals surface area contributed by atoms with Gasteiger partial charge in [0.05, 0.1) is 5.02 Å². The lowest BCUT2D eigenvalue weighted by atomic mass is 10.1. The van der Waals surface area contributed by atoms with Crippen LogP contribution in [-0.2, 0) is 0 Å². The molecule has 0 N–H and O–H groups in total. The smallest absolute Gasteiger partial charge is 0.161 e. The van der Waals surface area contributed by atoms with Gasteiger partial charge in [0.2, 0.25) is 0 Å². The molecule has 0 spiro atoms. The van der Waals surface area contributed by atoms with Crippen molar-refractivity contribution in [1.82, 2.24) is 0 Å². The highest BCUT2D eigenvalue weighted by molar-refractivity contribution is 6.37. The molecule has 1 aromatic rings. The molecule has 1 nitrogen and oxygen atoms in total. The Morgan fingerprint density at radius 2 is 1.83 bits per heavy atom. The third kappa shape index (κ3) is 1.79. The SMILES string of the molecule is CC(=O)c1cc(C)c(Cl)cc1Cl. The third-order valence-corrected chi connectivity index (χ3v) is 2.35. The minimum Gasteiger partial charge on any atom is -0.294 e. The molecule has 0 saturated heterocycles. The normalized spacial score (nSPS) is 10.0. The highest BCUT2D eigenvalue weighted by Crippen LogP contribution is 2.24. The highest BCUT2D eigenvalue weighted by atomic mass is 35.5. The second-order valence-corrected chi connectivity index (χ2v) is 3.45. The second kappa shape index (κ2) is 3.46. The van der Waals surface area contributed by atoms with Crippen LogP contribution in [0, 0.1) is 6.92 Å². The van der Waals surface area contributed by atoms with Crippen molar-refractivity contribution in [1.29, 1.82) is 0 Å². The van der Waals surface area contributed by atoms with Crippen LogP contribution in [-0.4, -0.2) is 5.78 Å². The fourth-order valence-electron chi connectivity index (χ4n) is 0.927. The van der Waals surface area contributed by atoms with E-state index in [1.165, 1.54) is 6.92 Å². The molecule has 64 valence electrons. The summed E-state index contributed by atoms with van der Waals surface area (Å²) in [5.74, 6) is -0.0419. The van der Waals surface area contributed by atoms with Gasteiger partial charge >= 0.3 is 0 Å². The number of halogens is 2. The molecule has 3 heteroatoms. The standard InChI is InChI=1S/C9H8Cl2O/c1-5-3-7(6(2)12)9(11)4-8(5)10/h3-4H,1-2H3. The topological polar surface area (TPSA) is 17.1 Å². The maximum absolute atomic E-state index is 11.0. The van der Waals surface area contributed by atoms with Crippen molar-refractivity contribution in [3.05, 3.63) is 33.3 Å². The number of hydrogen-bond acceptors (Lipinski definition) is 1. The van der Waals surface area contributed by atoms with Gasteiger partial charge in [-0.2, -0.15) is 0 Å². The van der Waals surface area contributed by atoms with Gasteiger partial charge in [-0.1, -0.05) is 23.2 Å². The maximum atomic E-state index is 11.0. The fraction of sp³-hybridized carbons (Fsp3) is 0.222. The number of ketones is 1. The first-order chi connectivity index (χ1) is 5.52. The molecule has 0 aromatic heterocycles. The molecule has 0 saturated carbocycles. The van der Waals surface area contributed by atoms with E-state index in [1.807, 2.05) is 6.92 Å². The second-order valence-electron chi connectivity index (χ2n) is 2.64. The Morgan fingerprint density at radius 1 is 1.25 bits per heavy atom. The summed E-state index contributed by atoms with van der Waals surface area (Å²) in [6.07, 6.45) is 0. The van der Waals surface area contributed by atoms with Crippen LogP contribution in [0.2, 0.25) is 10.0 Å². The van der Waals surface area contributed by atoms with Crippen LogP contribution in [0.3, 0.4) is 0 Å². The van der Waals surface area contributed by atoms with E-state index in [0.29, 0.717) is 15.6 Å². The molecule has 1 rings (SSSR count). The molecule has 0 bridgehead atoms. The van der Waals surface area contributed by atoms with E-state index < -0.39 is 0 Å². The van der Waals surface area contributed by atoms with Crippen LogP contribution in [0.4, 0.5) is 0 Å². The number of aryl methyl sites for hydroxylation is 1. The molecule has 0 radical (unpaired) electrons. The van der Waals surface area contributed by atoms with Crippen LogP contribution < -0.4 is 0 Å². The minimum atomic E-state index is -0.0419. The van der Waals surface area contributed by atoms with E-state index in [0.717, 1.165) is 5.56 Å². The van der Waals surface area contributed by atoms with E-state index >= 15 is 0 Å². The van der Waals surface area contributed by atoms with Crippen LogP contribution in [0.15, 0.2) is 12.1 Å². The van der Waals surface area contributed by atoms with E-state index in [1.54, 1.807) is 12.1 Å². The largest absolute Gasteiger partial charge is 0.294 e. The van der Waals surface area contributed by atoms with Crippen molar-refractivity contribution >= 4 is 29.0 Å². The molecule has 0 aliphatic heterocycles. The van der Waals surface area contributed by atoms with E-state index in [4.69, 9.17) is 23.2 Å². The van der Waals surface area contributed by atoms with Gasteiger partial charge < -0.3 is 0 Å². The molecular weight excluding hydrogens is 195 g/mol. The van der Waals surface area contributed by atoms with Gasteiger partial charge in [-0.25, -0.2) is 0 Å². The average Bonchev–Trinajstić information content (AvgIpc) is 1.96. The predicted octanol–water partition coefficient (Wildman–Crippen LogP) is 3.50. The van der Waals surface area contributed by atoms with Gasteiger partial charge in [-0.05, 0) is 31.5 Å². The monoisotopic (exact) mass is 202 g/mol. The Bertz CT molecular complexity index is 332. The summed E-state index contributed by atoms with van der Waals surface area (Å²) < 4.78 is 0. The fourth-order valence-corrected chi connectivity index (χ4v) is 1.44. The zero-order chi connectivity index (χ0) is 9.30. The van der Waals surface area contributed by atoms with Crippen LogP contribution in [0.1, 0.15) is 22.8 Å². The van der Waals surface area contributed by atoms with Crippen molar-refractivity contribution in [3.63, 3.8) is 0 Å². The zero-order valence-corrected chi connectivity index (χ0v) is 8.33. The molecule has 0 amide bonds. The van der Waals surface area contributed by atoms with Gasteiger partial charge in [0.25, 0.3) is 0 Å². The molecule has 0 heterocycles. The van der Waals surface area contributed by atoms with Crippen molar-refractivity contribution in [3.8, 4) is 0 Å². The first-order valence-electron chi connectivity index (χ1n) is 3.49. The average molecular weight is 203 g/mol. The molecule has 0 unspecified atom stereocenters. The number of carbonyl (C=O) groups is 1. The molecule has 0 aliphatic carbocycles. The highest BCUT2D eigenvalue weighted by Gasteiger charge is 2.07. The summed E-state index contributed by atoms with van der Waals surface area (Å²) in [7, 11) is 0. The van der Waals surface area contributed by atoms with Crippen molar-refractivity contribution in [2.75, 3.05) is 0 Å². The molecular formula is C9H8Cl2O. The van der Waals surface area contributed by atoms with Gasteiger partial charge in [-0.3, -0.25) is 4.79 Å². The lowest BCUT2D eigenvalue weighted by Gasteiger charge is -2.03. The van der Waals surface area contributed by atoms with Crippen LogP contribution in [0.5, 0.6) is 0 Å². The summed E-state index contributed by atoms with van der Waals surface area (Å²) in [4.78, 5) is 11.0. The third-order valence-electron chi connectivity index (χ3n) is 1.63.